The maximum absolute atomic E-state index is 12.5. The number of aromatic nitrogens is 2. The van der Waals surface area contributed by atoms with Crippen molar-refractivity contribution in [3.63, 3.8) is 0 Å². The second-order valence-electron chi connectivity index (χ2n) is 4.84. The second-order valence-corrected chi connectivity index (χ2v) is 5.71. The molecule has 0 spiro atoms. The van der Waals surface area contributed by atoms with Crippen LogP contribution < -0.4 is 5.56 Å². The molecule has 2 aromatic heterocycles. The van der Waals surface area contributed by atoms with Gasteiger partial charge < -0.3 is 10.0 Å². The highest BCUT2D eigenvalue weighted by Crippen LogP contribution is 2.16. The number of carbonyl (C=O) groups is 1. The highest BCUT2D eigenvalue weighted by atomic mass is 32.1. The van der Waals surface area contributed by atoms with Gasteiger partial charge in [-0.05, 0) is 12.8 Å². The zero-order valence-electron chi connectivity index (χ0n) is 11.1. The molecule has 0 aromatic carbocycles. The molecule has 20 heavy (non-hydrogen) atoms. The maximum Gasteiger partial charge on any atom is 0.271 e. The summed E-state index contributed by atoms with van der Waals surface area (Å²) in [6.07, 6.45) is 2.22. The van der Waals surface area contributed by atoms with Crippen LogP contribution in [0.2, 0.25) is 0 Å². The third-order valence-corrected chi connectivity index (χ3v) is 4.30. The van der Waals surface area contributed by atoms with E-state index in [0.717, 1.165) is 0 Å². The number of aryl methyl sites for hydroxylation is 1. The van der Waals surface area contributed by atoms with Gasteiger partial charge in [0.05, 0.1) is 11.8 Å². The van der Waals surface area contributed by atoms with Crippen LogP contribution >= 0.6 is 11.3 Å². The van der Waals surface area contributed by atoms with Crippen LogP contribution in [0.3, 0.4) is 0 Å². The largest absolute Gasteiger partial charge is 0.391 e. The average molecular weight is 293 g/mol. The van der Waals surface area contributed by atoms with Crippen LogP contribution in [0.4, 0.5) is 0 Å². The van der Waals surface area contributed by atoms with Crippen LogP contribution in [0, 0.1) is 0 Å². The van der Waals surface area contributed by atoms with Crippen LogP contribution in [0.1, 0.15) is 29.4 Å². The number of rotatable bonds is 2. The quantitative estimate of drug-likeness (QED) is 0.876. The number of likely N-dealkylation sites (tertiary alicyclic amines) is 1. The molecule has 0 saturated carbocycles. The van der Waals surface area contributed by atoms with Gasteiger partial charge in [-0.2, -0.15) is 0 Å². The van der Waals surface area contributed by atoms with Crippen LogP contribution in [-0.4, -0.2) is 44.5 Å². The summed E-state index contributed by atoms with van der Waals surface area (Å²) >= 11 is 1.37. The van der Waals surface area contributed by atoms with Crippen molar-refractivity contribution in [1.29, 1.82) is 0 Å². The third kappa shape index (κ3) is 2.03. The van der Waals surface area contributed by atoms with Crippen molar-refractivity contribution in [2.24, 2.45) is 0 Å². The van der Waals surface area contributed by atoms with Crippen molar-refractivity contribution in [2.45, 2.75) is 25.9 Å². The fourth-order valence-electron chi connectivity index (χ4n) is 2.48. The van der Waals surface area contributed by atoms with E-state index in [1.165, 1.54) is 20.6 Å². The Hall–Kier alpha value is -1.73. The lowest BCUT2D eigenvalue weighted by Gasteiger charge is -2.16. The van der Waals surface area contributed by atoms with E-state index in [-0.39, 0.29) is 23.6 Å². The number of amides is 1. The first kappa shape index (κ1) is 13.3. The zero-order chi connectivity index (χ0) is 14.3. The molecule has 1 N–H and O–H groups in total. The topological polar surface area (TPSA) is 74.9 Å². The normalized spacial score (nSPS) is 18.9. The van der Waals surface area contributed by atoms with Crippen molar-refractivity contribution in [3.8, 4) is 0 Å². The Bertz CT molecular complexity index is 721. The highest BCUT2D eigenvalue weighted by Gasteiger charge is 2.29. The molecule has 6 nitrogen and oxygen atoms in total. The molecule has 3 heterocycles. The fraction of sp³-hybridized carbons (Fsp3) is 0.462. The molecule has 0 bridgehead atoms. The number of hydrogen-bond donors (Lipinski definition) is 1. The van der Waals surface area contributed by atoms with E-state index in [1.807, 2.05) is 6.92 Å². The summed E-state index contributed by atoms with van der Waals surface area (Å²) in [5.41, 5.74) is 0.348. The Labute approximate surface area is 119 Å². The number of fused-ring (bicyclic) bond motifs is 1. The first-order chi connectivity index (χ1) is 9.61. The molecule has 1 unspecified atom stereocenters. The Balaban J connectivity index is 2.12. The Kier molecular flexibility index (Phi) is 3.31. The molecule has 2 aromatic rings. The predicted molar refractivity (Wildman–Crippen MR) is 75.2 cm³/mol. The minimum Gasteiger partial charge on any atom is -0.391 e. The van der Waals surface area contributed by atoms with Gasteiger partial charge in [0.15, 0.2) is 4.96 Å². The summed E-state index contributed by atoms with van der Waals surface area (Å²) in [6.45, 7) is 2.64. The van der Waals surface area contributed by atoms with Crippen molar-refractivity contribution < 1.29 is 9.90 Å². The van der Waals surface area contributed by atoms with Crippen molar-refractivity contribution in [3.05, 3.63) is 33.2 Å². The smallest absolute Gasteiger partial charge is 0.271 e. The first-order valence-corrected chi connectivity index (χ1v) is 7.46. The van der Waals surface area contributed by atoms with Gasteiger partial charge >= 0.3 is 0 Å². The average Bonchev–Trinajstić information content (AvgIpc) is 3.06. The third-order valence-electron chi connectivity index (χ3n) is 3.54. The number of thiazole rings is 1. The molecule has 3 rings (SSSR count). The summed E-state index contributed by atoms with van der Waals surface area (Å²) in [6, 6.07) is 0. The number of nitrogens with zero attached hydrogens (tertiary/aromatic N) is 3. The van der Waals surface area contributed by atoms with Gasteiger partial charge in [-0.25, -0.2) is 4.98 Å². The number of carbonyl (C=O) groups excluding carboxylic acids is 1. The van der Waals surface area contributed by atoms with Gasteiger partial charge in [0, 0.05) is 24.7 Å². The second kappa shape index (κ2) is 4.99. The molecule has 0 aliphatic carbocycles. The molecule has 1 amide bonds. The molecule has 106 valence electrons. The number of hydrogen-bond acceptors (Lipinski definition) is 5. The SMILES string of the molecule is CCc1nc2sccn2c(=O)c1C(=O)N1CCC(O)C1. The molecule has 1 saturated heterocycles. The van der Waals surface area contributed by atoms with E-state index in [9.17, 15) is 14.7 Å². The van der Waals surface area contributed by atoms with Gasteiger partial charge in [0.25, 0.3) is 11.5 Å². The first-order valence-electron chi connectivity index (χ1n) is 6.58. The Morgan fingerprint density at radius 3 is 3.05 bits per heavy atom. The number of aliphatic hydroxyl groups excluding tert-OH is 1. The van der Waals surface area contributed by atoms with Gasteiger partial charge in [-0.1, -0.05) is 6.92 Å². The molecule has 0 radical (unpaired) electrons. The summed E-state index contributed by atoms with van der Waals surface area (Å²) in [7, 11) is 0. The summed E-state index contributed by atoms with van der Waals surface area (Å²) in [5, 5.41) is 11.3. The minimum absolute atomic E-state index is 0.137. The van der Waals surface area contributed by atoms with Gasteiger partial charge in [-0.15, -0.1) is 11.3 Å². The number of β-amino-alcohol motifs (C(OH)–C–C–N with tert-alkyl or cyclic N) is 1. The molecule has 1 aliphatic heterocycles. The summed E-state index contributed by atoms with van der Waals surface area (Å²) in [4.78, 5) is 31.5. The van der Waals surface area contributed by atoms with E-state index < -0.39 is 6.10 Å². The van der Waals surface area contributed by atoms with E-state index in [0.29, 0.717) is 30.0 Å². The standard InChI is InChI=1S/C13H15N3O3S/c1-2-9-10(11(18)15-4-3-8(17)7-15)12(19)16-5-6-20-13(16)14-9/h5-6,8,17H,2-4,7H2,1H3. The van der Waals surface area contributed by atoms with Crippen LogP contribution in [-0.2, 0) is 6.42 Å². The van der Waals surface area contributed by atoms with Crippen LogP contribution in [0.5, 0.6) is 0 Å². The Morgan fingerprint density at radius 1 is 1.60 bits per heavy atom. The van der Waals surface area contributed by atoms with Crippen LogP contribution in [0.15, 0.2) is 16.4 Å². The van der Waals surface area contributed by atoms with Gasteiger partial charge in [0.2, 0.25) is 0 Å². The van der Waals surface area contributed by atoms with Gasteiger partial charge in [-0.3, -0.25) is 14.0 Å². The van der Waals surface area contributed by atoms with E-state index >= 15 is 0 Å². The lowest BCUT2D eigenvalue weighted by Crippen LogP contribution is -2.36. The summed E-state index contributed by atoms with van der Waals surface area (Å²) in [5.74, 6) is -0.323. The highest BCUT2D eigenvalue weighted by molar-refractivity contribution is 7.15. The zero-order valence-corrected chi connectivity index (χ0v) is 11.9. The molecule has 7 heteroatoms. The molecular weight excluding hydrogens is 278 g/mol. The monoisotopic (exact) mass is 293 g/mol. The lowest BCUT2D eigenvalue weighted by atomic mass is 10.1. The maximum atomic E-state index is 12.5. The predicted octanol–water partition coefficient (Wildman–Crippen LogP) is 0.525. The minimum atomic E-state index is -0.496. The molecule has 1 fully saturated rings. The number of aliphatic hydroxyl groups is 1. The Morgan fingerprint density at radius 2 is 2.40 bits per heavy atom. The summed E-state index contributed by atoms with van der Waals surface area (Å²) < 4.78 is 1.41. The van der Waals surface area contributed by atoms with Crippen LogP contribution in [0.25, 0.3) is 4.96 Å². The van der Waals surface area contributed by atoms with E-state index in [2.05, 4.69) is 4.98 Å². The molecule has 1 atom stereocenters. The van der Waals surface area contributed by atoms with Crippen molar-refractivity contribution >= 4 is 22.2 Å². The van der Waals surface area contributed by atoms with Gasteiger partial charge in [0.1, 0.15) is 5.56 Å². The van der Waals surface area contributed by atoms with E-state index in [1.54, 1.807) is 11.6 Å². The van der Waals surface area contributed by atoms with E-state index in [4.69, 9.17) is 0 Å². The molecular formula is C13H15N3O3S. The lowest BCUT2D eigenvalue weighted by molar-refractivity contribution is 0.0761. The van der Waals surface area contributed by atoms with Crippen molar-refractivity contribution in [2.75, 3.05) is 13.1 Å². The van der Waals surface area contributed by atoms with Crippen molar-refractivity contribution in [1.82, 2.24) is 14.3 Å². The molecule has 1 aliphatic rings. The fourth-order valence-corrected chi connectivity index (χ4v) is 3.20.